The van der Waals surface area contributed by atoms with Crippen molar-refractivity contribution in [2.45, 2.75) is 20.8 Å². The zero-order chi connectivity index (χ0) is 11.6. The lowest BCUT2D eigenvalue weighted by molar-refractivity contribution is 0.629. The number of rotatable bonds is 1. The number of allylic oxidation sites excluding steroid dienone is 6. The first-order valence-electron chi connectivity index (χ1n) is 5.59. The minimum Gasteiger partial charge on any atom is -0.261 e. The summed E-state index contributed by atoms with van der Waals surface area (Å²) in [6.45, 7) is 6.42. The van der Waals surface area contributed by atoms with Crippen molar-refractivity contribution in [3.05, 3.63) is 60.0 Å². The number of hydrogen-bond donors (Lipinski definition) is 0. The minimum atomic E-state index is 0.101. The van der Waals surface area contributed by atoms with Crippen LogP contribution in [0.15, 0.2) is 48.7 Å². The molecule has 1 nitrogen and oxygen atoms in total. The molecule has 0 amide bonds. The molecule has 0 spiro atoms. The van der Waals surface area contributed by atoms with Gasteiger partial charge in [0, 0.05) is 17.3 Å². The molecule has 2 rings (SSSR count). The quantitative estimate of drug-likeness (QED) is 0.686. The molecule has 1 aliphatic carbocycles. The molecular weight excluding hydrogens is 194 g/mol. The highest BCUT2D eigenvalue weighted by atomic mass is 14.7. The lowest BCUT2D eigenvalue weighted by atomic mass is 9.90. The first kappa shape index (κ1) is 10.9. The number of aryl methyl sites for hydroxylation is 1. The Kier molecular flexibility index (Phi) is 2.78. The molecule has 82 valence electrons. The van der Waals surface area contributed by atoms with E-state index in [9.17, 15) is 0 Å². The maximum Gasteiger partial charge on any atom is 0.0373 e. The Morgan fingerprint density at radius 3 is 2.62 bits per heavy atom. The van der Waals surface area contributed by atoms with Gasteiger partial charge in [0.1, 0.15) is 0 Å². The summed E-state index contributed by atoms with van der Waals surface area (Å²) >= 11 is 0. The highest BCUT2D eigenvalue weighted by molar-refractivity contribution is 5.75. The zero-order valence-electron chi connectivity index (χ0n) is 10.1. The second-order valence-electron chi connectivity index (χ2n) is 4.83. The van der Waals surface area contributed by atoms with E-state index in [1.807, 2.05) is 13.1 Å². The van der Waals surface area contributed by atoms with E-state index < -0.39 is 0 Å². The number of hydrogen-bond acceptors (Lipinski definition) is 1. The van der Waals surface area contributed by atoms with Crippen LogP contribution in [-0.2, 0) is 0 Å². The molecular formula is C15H17N. The van der Waals surface area contributed by atoms with Crippen molar-refractivity contribution in [3.63, 3.8) is 0 Å². The normalized spacial score (nSPS) is 18.1. The van der Waals surface area contributed by atoms with Crippen molar-refractivity contribution in [1.29, 1.82) is 0 Å². The van der Waals surface area contributed by atoms with Crippen LogP contribution in [0.5, 0.6) is 0 Å². The molecule has 16 heavy (non-hydrogen) atoms. The fourth-order valence-corrected chi connectivity index (χ4v) is 1.78. The van der Waals surface area contributed by atoms with Crippen molar-refractivity contribution in [3.8, 4) is 0 Å². The summed E-state index contributed by atoms with van der Waals surface area (Å²) in [5.41, 5.74) is 3.57. The van der Waals surface area contributed by atoms with E-state index >= 15 is 0 Å². The summed E-state index contributed by atoms with van der Waals surface area (Å²) in [6.07, 6.45) is 12.7. The largest absolute Gasteiger partial charge is 0.261 e. The van der Waals surface area contributed by atoms with E-state index in [4.69, 9.17) is 0 Å². The maximum atomic E-state index is 4.34. The van der Waals surface area contributed by atoms with Gasteiger partial charge in [0.05, 0.1) is 0 Å². The molecule has 0 atom stereocenters. The standard InChI is InChI=1S/C15H17N/c1-12-7-8-14(11-16-12)13-6-4-5-9-15(2,3)10-13/h4-11H,1-3H3. The van der Waals surface area contributed by atoms with E-state index in [2.05, 4.69) is 61.3 Å². The van der Waals surface area contributed by atoms with Crippen molar-refractivity contribution < 1.29 is 0 Å². The third-order valence-corrected chi connectivity index (χ3v) is 2.68. The third kappa shape index (κ3) is 2.48. The third-order valence-electron chi connectivity index (χ3n) is 2.68. The van der Waals surface area contributed by atoms with Gasteiger partial charge in [0.25, 0.3) is 0 Å². The molecule has 1 heterocycles. The Balaban J connectivity index is 2.41. The van der Waals surface area contributed by atoms with Crippen LogP contribution in [0.1, 0.15) is 25.1 Å². The molecule has 0 aliphatic heterocycles. The minimum absolute atomic E-state index is 0.101. The summed E-state index contributed by atoms with van der Waals surface area (Å²) in [5, 5.41) is 0. The molecule has 0 unspecified atom stereocenters. The van der Waals surface area contributed by atoms with E-state index in [1.165, 1.54) is 11.1 Å². The predicted molar refractivity (Wildman–Crippen MR) is 69.0 cm³/mol. The van der Waals surface area contributed by atoms with Gasteiger partial charge in [-0.1, -0.05) is 50.3 Å². The molecule has 0 fully saturated rings. The van der Waals surface area contributed by atoms with Crippen LogP contribution in [0.3, 0.4) is 0 Å². The number of nitrogens with zero attached hydrogens (tertiary/aromatic N) is 1. The van der Waals surface area contributed by atoms with E-state index in [-0.39, 0.29) is 5.41 Å². The summed E-state index contributed by atoms with van der Waals surface area (Å²) in [6, 6.07) is 4.18. The molecule has 0 aromatic carbocycles. The smallest absolute Gasteiger partial charge is 0.0373 e. The van der Waals surface area contributed by atoms with Crippen LogP contribution in [0.25, 0.3) is 5.57 Å². The molecule has 1 aromatic heterocycles. The Labute approximate surface area is 97.2 Å². The monoisotopic (exact) mass is 211 g/mol. The van der Waals surface area contributed by atoms with Crippen LogP contribution >= 0.6 is 0 Å². The number of aromatic nitrogens is 1. The van der Waals surface area contributed by atoms with Crippen LogP contribution in [-0.4, -0.2) is 4.98 Å². The topological polar surface area (TPSA) is 12.9 Å². The second kappa shape index (κ2) is 4.09. The lowest BCUT2D eigenvalue weighted by Gasteiger charge is -2.15. The van der Waals surface area contributed by atoms with Gasteiger partial charge in [-0.25, -0.2) is 0 Å². The van der Waals surface area contributed by atoms with Crippen LogP contribution in [0.4, 0.5) is 0 Å². The highest BCUT2D eigenvalue weighted by Gasteiger charge is 2.13. The van der Waals surface area contributed by atoms with Gasteiger partial charge in [-0.3, -0.25) is 4.98 Å². The van der Waals surface area contributed by atoms with Crippen LogP contribution in [0, 0.1) is 12.3 Å². The van der Waals surface area contributed by atoms with Crippen molar-refractivity contribution in [2.24, 2.45) is 5.41 Å². The average Bonchev–Trinajstić information content (AvgIpc) is 2.40. The fourth-order valence-electron chi connectivity index (χ4n) is 1.78. The van der Waals surface area contributed by atoms with Gasteiger partial charge in [-0.05, 0) is 24.1 Å². The van der Waals surface area contributed by atoms with Crippen molar-refractivity contribution in [2.75, 3.05) is 0 Å². The summed E-state index contributed by atoms with van der Waals surface area (Å²) < 4.78 is 0. The first-order valence-corrected chi connectivity index (χ1v) is 5.59. The second-order valence-corrected chi connectivity index (χ2v) is 4.83. The van der Waals surface area contributed by atoms with Crippen molar-refractivity contribution >= 4 is 5.57 Å². The molecule has 1 aromatic rings. The van der Waals surface area contributed by atoms with Gasteiger partial charge >= 0.3 is 0 Å². The Bertz CT molecular complexity index is 459. The fraction of sp³-hybridized carbons (Fsp3) is 0.267. The summed E-state index contributed by atoms with van der Waals surface area (Å²) in [7, 11) is 0. The van der Waals surface area contributed by atoms with E-state index in [0.29, 0.717) is 0 Å². The number of pyridine rings is 1. The van der Waals surface area contributed by atoms with Gasteiger partial charge in [0.15, 0.2) is 0 Å². The molecule has 0 N–H and O–H groups in total. The van der Waals surface area contributed by atoms with E-state index in [1.54, 1.807) is 0 Å². The molecule has 1 heteroatoms. The Morgan fingerprint density at radius 2 is 1.94 bits per heavy atom. The van der Waals surface area contributed by atoms with Crippen molar-refractivity contribution in [1.82, 2.24) is 4.98 Å². The van der Waals surface area contributed by atoms with Gasteiger partial charge in [-0.15, -0.1) is 0 Å². The Hall–Kier alpha value is -1.63. The maximum absolute atomic E-state index is 4.34. The Morgan fingerprint density at radius 1 is 1.12 bits per heavy atom. The molecule has 0 radical (unpaired) electrons. The van der Waals surface area contributed by atoms with E-state index in [0.717, 1.165) is 5.69 Å². The van der Waals surface area contributed by atoms with Gasteiger partial charge in [0.2, 0.25) is 0 Å². The summed E-state index contributed by atoms with van der Waals surface area (Å²) in [4.78, 5) is 4.34. The molecule has 0 bridgehead atoms. The predicted octanol–water partition coefficient (Wildman–Crippen LogP) is 3.93. The average molecular weight is 211 g/mol. The zero-order valence-corrected chi connectivity index (χ0v) is 10.1. The first-order chi connectivity index (χ1) is 7.57. The van der Waals surface area contributed by atoms with Gasteiger partial charge in [-0.2, -0.15) is 0 Å². The lowest BCUT2D eigenvalue weighted by Crippen LogP contribution is -2.02. The summed E-state index contributed by atoms with van der Waals surface area (Å²) in [5.74, 6) is 0. The molecule has 1 aliphatic rings. The van der Waals surface area contributed by atoms with Crippen LogP contribution < -0.4 is 0 Å². The molecule has 0 saturated carbocycles. The molecule has 0 saturated heterocycles. The van der Waals surface area contributed by atoms with Crippen LogP contribution in [0.2, 0.25) is 0 Å². The SMILES string of the molecule is Cc1ccc(C2=CC(C)(C)C=CC=C2)cn1. The van der Waals surface area contributed by atoms with Gasteiger partial charge < -0.3 is 0 Å². The highest BCUT2D eigenvalue weighted by Crippen LogP contribution is 2.28.